The van der Waals surface area contributed by atoms with Gasteiger partial charge in [0.15, 0.2) is 6.10 Å². The van der Waals surface area contributed by atoms with Crippen LogP contribution in [0.5, 0.6) is 0 Å². The second kappa shape index (κ2) is 5.74. The monoisotopic (exact) mass is 321 g/mol. The molecule has 0 aliphatic carbocycles. The number of aromatic amines is 1. The predicted octanol–water partition coefficient (Wildman–Crippen LogP) is 1.61. The van der Waals surface area contributed by atoms with E-state index in [4.69, 9.17) is 5.11 Å². The quantitative estimate of drug-likeness (QED) is 0.799. The highest BCUT2D eigenvalue weighted by molar-refractivity contribution is 7.18. The lowest BCUT2D eigenvalue weighted by Crippen LogP contribution is -2.38. The number of aromatic nitrogens is 2. The molecule has 0 aliphatic heterocycles. The third-order valence-electron chi connectivity index (χ3n) is 3.10. The van der Waals surface area contributed by atoms with Crippen molar-refractivity contribution in [3.05, 3.63) is 26.6 Å². The Morgan fingerprint density at radius 2 is 2.10 bits per heavy atom. The maximum atomic E-state index is 12.1. The second-order valence-corrected chi connectivity index (χ2v) is 5.87. The number of H-pyrrole nitrogens is 1. The molecular formula is C12H14F3N3O2S. The molecular weight excluding hydrogens is 307 g/mol. The predicted molar refractivity (Wildman–Crippen MR) is 73.5 cm³/mol. The van der Waals surface area contributed by atoms with E-state index in [9.17, 15) is 18.0 Å². The van der Waals surface area contributed by atoms with Crippen LogP contribution in [0.2, 0.25) is 0 Å². The Kier molecular flexibility index (Phi) is 4.35. The maximum absolute atomic E-state index is 12.1. The lowest BCUT2D eigenvalue weighted by atomic mass is 10.2. The van der Waals surface area contributed by atoms with Crippen molar-refractivity contribution >= 4 is 21.6 Å². The Balaban J connectivity index is 2.12. The molecule has 2 aromatic rings. The van der Waals surface area contributed by atoms with Crippen LogP contribution in [0.1, 0.15) is 16.3 Å². The lowest BCUT2D eigenvalue weighted by Gasteiger charge is -2.14. The Morgan fingerprint density at radius 1 is 1.43 bits per heavy atom. The number of nitrogens with one attached hydrogen (secondary N) is 2. The number of fused-ring (bicyclic) bond motifs is 1. The molecule has 0 saturated carbocycles. The van der Waals surface area contributed by atoms with Crippen molar-refractivity contribution in [2.24, 2.45) is 0 Å². The van der Waals surface area contributed by atoms with Crippen LogP contribution < -0.4 is 10.9 Å². The first kappa shape index (κ1) is 15.9. The van der Waals surface area contributed by atoms with Gasteiger partial charge in [0.2, 0.25) is 0 Å². The minimum atomic E-state index is -4.67. The largest absolute Gasteiger partial charge is 0.415 e. The van der Waals surface area contributed by atoms with Crippen LogP contribution in [0.4, 0.5) is 13.2 Å². The summed E-state index contributed by atoms with van der Waals surface area (Å²) < 4.78 is 36.4. The van der Waals surface area contributed by atoms with Gasteiger partial charge in [0, 0.05) is 11.4 Å². The molecule has 2 heterocycles. The van der Waals surface area contributed by atoms with Gasteiger partial charge in [0.25, 0.3) is 5.56 Å². The number of hydrogen-bond donors (Lipinski definition) is 3. The Hall–Kier alpha value is -1.45. The van der Waals surface area contributed by atoms with E-state index in [2.05, 4.69) is 15.3 Å². The zero-order valence-electron chi connectivity index (χ0n) is 11.3. The van der Waals surface area contributed by atoms with Crippen LogP contribution in [0, 0.1) is 13.8 Å². The maximum Gasteiger partial charge on any atom is 0.415 e. The third kappa shape index (κ3) is 3.42. The van der Waals surface area contributed by atoms with Crippen LogP contribution in [0.25, 0.3) is 10.2 Å². The molecule has 0 amide bonds. The number of aryl methyl sites for hydroxylation is 2. The number of rotatable bonds is 4. The molecule has 116 valence electrons. The van der Waals surface area contributed by atoms with Crippen LogP contribution in [-0.2, 0) is 6.54 Å². The first-order valence-corrected chi connectivity index (χ1v) is 6.96. The molecule has 1 unspecified atom stereocenters. The van der Waals surface area contributed by atoms with Gasteiger partial charge in [-0.3, -0.25) is 4.79 Å². The van der Waals surface area contributed by atoms with Crippen molar-refractivity contribution in [2.75, 3.05) is 6.54 Å². The SMILES string of the molecule is Cc1sc2nc(CNCC(O)C(F)(F)F)[nH]c(=O)c2c1C. The van der Waals surface area contributed by atoms with Gasteiger partial charge < -0.3 is 15.4 Å². The summed E-state index contributed by atoms with van der Waals surface area (Å²) in [6.45, 7) is 2.98. The molecule has 0 radical (unpaired) electrons. The van der Waals surface area contributed by atoms with Crippen LogP contribution in [0.3, 0.4) is 0 Å². The van der Waals surface area contributed by atoms with E-state index in [0.29, 0.717) is 10.2 Å². The van der Waals surface area contributed by atoms with Crippen molar-refractivity contribution in [3.63, 3.8) is 0 Å². The Morgan fingerprint density at radius 3 is 2.71 bits per heavy atom. The smallest absolute Gasteiger partial charge is 0.382 e. The number of thiophene rings is 1. The zero-order chi connectivity index (χ0) is 15.8. The number of hydrogen-bond acceptors (Lipinski definition) is 5. The molecule has 2 rings (SSSR count). The first-order chi connectivity index (χ1) is 9.70. The average Bonchev–Trinajstić information content (AvgIpc) is 2.64. The first-order valence-electron chi connectivity index (χ1n) is 6.14. The van der Waals surface area contributed by atoms with E-state index < -0.39 is 18.8 Å². The standard InChI is InChI=1S/C12H14F3N3O2S/c1-5-6(2)21-11-9(5)10(20)17-8(18-11)4-16-3-7(19)12(13,14)15/h7,16,19H,3-4H2,1-2H3,(H,17,18,20). The van der Waals surface area contributed by atoms with Gasteiger partial charge in [-0.05, 0) is 19.4 Å². The number of nitrogens with zero attached hydrogens (tertiary/aromatic N) is 1. The molecule has 2 aromatic heterocycles. The topological polar surface area (TPSA) is 78.0 Å². The Bertz CT molecular complexity index is 708. The van der Waals surface area contributed by atoms with E-state index in [-0.39, 0.29) is 17.9 Å². The van der Waals surface area contributed by atoms with Gasteiger partial charge in [-0.1, -0.05) is 0 Å². The van der Waals surface area contributed by atoms with Gasteiger partial charge in [-0.2, -0.15) is 13.2 Å². The van der Waals surface area contributed by atoms with E-state index >= 15 is 0 Å². The average molecular weight is 321 g/mol. The van der Waals surface area contributed by atoms with Gasteiger partial charge in [-0.15, -0.1) is 11.3 Å². The lowest BCUT2D eigenvalue weighted by molar-refractivity contribution is -0.201. The van der Waals surface area contributed by atoms with Crippen molar-refractivity contribution in [3.8, 4) is 0 Å². The summed E-state index contributed by atoms with van der Waals surface area (Å²) in [5.74, 6) is 0.239. The molecule has 0 bridgehead atoms. The highest BCUT2D eigenvalue weighted by Gasteiger charge is 2.37. The summed E-state index contributed by atoms with van der Waals surface area (Å²) in [4.78, 5) is 20.2. The molecule has 0 aliphatic rings. The summed E-state index contributed by atoms with van der Waals surface area (Å²) in [5.41, 5.74) is 0.547. The number of alkyl halides is 3. The summed E-state index contributed by atoms with van der Waals surface area (Å²) in [6, 6.07) is 0. The molecule has 5 nitrogen and oxygen atoms in total. The van der Waals surface area contributed by atoms with Gasteiger partial charge in [0.1, 0.15) is 10.7 Å². The summed E-state index contributed by atoms with van der Waals surface area (Å²) >= 11 is 1.36. The molecule has 0 spiro atoms. The fourth-order valence-corrected chi connectivity index (χ4v) is 2.87. The Labute approximate surface area is 121 Å². The van der Waals surface area contributed by atoms with Crippen molar-refractivity contribution in [2.45, 2.75) is 32.7 Å². The molecule has 0 aromatic carbocycles. The van der Waals surface area contributed by atoms with Gasteiger partial charge in [0.05, 0.1) is 11.9 Å². The molecule has 0 saturated heterocycles. The van der Waals surface area contributed by atoms with Gasteiger partial charge in [-0.25, -0.2) is 4.98 Å². The molecule has 9 heteroatoms. The normalized spacial score (nSPS) is 13.8. The minimum absolute atomic E-state index is 0.0612. The number of aliphatic hydroxyl groups is 1. The zero-order valence-corrected chi connectivity index (χ0v) is 12.2. The van der Waals surface area contributed by atoms with Crippen LogP contribution in [-0.4, -0.2) is 33.9 Å². The van der Waals surface area contributed by atoms with Crippen molar-refractivity contribution in [1.82, 2.24) is 15.3 Å². The second-order valence-electron chi connectivity index (χ2n) is 4.66. The van der Waals surface area contributed by atoms with Crippen LogP contribution >= 0.6 is 11.3 Å². The van der Waals surface area contributed by atoms with Gasteiger partial charge >= 0.3 is 6.18 Å². The summed E-state index contributed by atoms with van der Waals surface area (Å²) in [7, 11) is 0. The van der Waals surface area contributed by atoms with E-state index in [1.165, 1.54) is 11.3 Å². The van der Waals surface area contributed by atoms with E-state index in [1.54, 1.807) is 0 Å². The van der Waals surface area contributed by atoms with E-state index in [0.717, 1.165) is 10.4 Å². The molecule has 21 heavy (non-hydrogen) atoms. The number of aliphatic hydroxyl groups excluding tert-OH is 1. The summed E-state index contributed by atoms with van der Waals surface area (Å²) in [6.07, 6.45) is -7.11. The fourth-order valence-electron chi connectivity index (χ4n) is 1.83. The molecule has 1 atom stereocenters. The van der Waals surface area contributed by atoms with Crippen molar-refractivity contribution in [1.29, 1.82) is 0 Å². The third-order valence-corrected chi connectivity index (χ3v) is 4.20. The fraction of sp³-hybridized carbons (Fsp3) is 0.500. The molecule has 3 N–H and O–H groups in total. The summed E-state index contributed by atoms with van der Waals surface area (Å²) in [5, 5.41) is 11.8. The van der Waals surface area contributed by atoms with Crippen molar-refractivity contribution < 1.29 is 18.3 Å². The van der Waals surface area contributed by atoms with Crippen LogP contribution in [0.15, 0.2) is 4.79 Å². The minimum Gasteiger partial charge on any atom is -0.382 e. The number of halogens is 3. The molecule has 0 fully saturated rings. The highest BCUT2D eigenvalue weighted by atomic mass is 32.1. The van der Waals surface area contributed by atoms with E-state index in [1.807, 2.05) is 13.8 Å². The highest BCUT2D eigenvalue weighted by Crippen LogP contribution is 2.25.